The number of nitrogens with zero attached hydrogens (tertiary/aromatic N) is 3. The van der Waals surface area contributed by atoms with Crippen LogP contribution in [0.25, 0.3) is 11.1 Å². The number of piperidine rings is 1. The molecule has 3 aromatic carbocycles. The molecule has 3 aliphatic heterocycles. The van der Waals surface area contributed by atoms with Crippen molar-refractivity contribution in [2.24, 2.45) is 0 Å². The molecule has 7 rings (SSSR count). The van der Waals surface area contributed by atoms with Gasteiger partial charge in [0, 0.05) is 61.3 Å². The predicted molar refractivity (Wildman–Crippen MR) is 153 cm³/mol. The van der Waals surface area contributed by atoms with Gasteiger partial charge < -0.3 is 4.90 Å². The Kier molecular flexibility index (Phi) is 6.43. The standard InChI is InChI=1S/C31H28Cl2N4O3/c32-20-2-5-23-24-6-3-21(33)15-26(24)29(25(23)14-20)36-11-9-35(10-12-36)16-18-1-4-22-19(13-18)17-37(31(22)40)27-7-8-28(38)34-30(27)39/h1-6,13-15,27,29H,7-12,16-17H2,(H,34,38,39). The number of nitrogens with one attached hydrogen (secondary N) is 1. The maximum atomic E-state index is 13.0. The van der Waals surface area contributed by atoms with E-state index in [0.717, 1.165) is 53.9 Å². The molecule has 0 aromatic heterocycles. The molecule has 1 aliphatic carbocycles. The number of piperazine rings is 1. The smallest absolute Gasteiger partial charge is 0.255 e. The summed E-state index contributed by atoms with van der Waals surface area (Å²) >= 11 is 12.8. The van der Waals surface area contributed by atoms with Gasteiger partial charge in [0.1, 0.15) is 6.04 Å². The Morgan fingerprint density at radius 1 is 0.800 bits per heavy atom. The van der Waals surface area contributed by atoms with E-state index in [-0.39, 0.29) is 30.2 Å². The molecular weight excluding hydrogens is 547 g/mol. The van der Waals surface area contributed by atoms with Crippen LogP contribution in [0.15, 0.2) is 54.6 Å². The van der Waals surface area contributed by atoms with Crippen LogP contribution < -0.4 is 5.32 Å². The fourth-order valence-corrected chi connectivity index (χ4v) is 7.10. The van der Waals surface area contributed by atoms with E-state index in [0.29, 0.717) is 18.5 Å². The molecule has 3 amide bonds. The van der Waals surface area contributed by atoms with Crippen molar-refractivity contribution in [2.45, 2.75) is 38.0 Å². The molecule has 3 aromatic rings. The van der Waals surface area contributed by atoms with Crippen LogP contribution in [0.3, 0.4) is 0 Å². The number of hydrogen-bond acceptors (Lipinski definition) is 5. The van der Waals surface area contributed by atoms with Crippen molar-refractivity contribution in [2.75, 3.05) is 26.2 Å². The molecule has 40 heavy (non-hydrogen) atoms. The maximum Gasteiger partial charge on any atom is 0.255 e. The highest BCUT2D eigenvalue weighted by Gasteiger charge is 2.39. The van der Waals surface area contributed by atoms with Gasteiger partial charge in [0.15, 0.2) is 0 Å². The highest BCUT2D eigenvalue weighted by molar-refractivity contribution is 6.31. The number of hydrogen-bond donors (Lipinski definition) is 1. The highest BCUT2D eigenvalue weighted by atomic mass is 35.5. The Bertz CT molecular complexity index is 1510. The maximum absolute atomic E-state index is 13.0. The molecule has 1 unspecified atom stereocenters. The zero-order valence-corrected chi connectivity index (χ0v) is 23.3. The van der Waals surface area contributed by atoms with E-state index >= 15 is 0 Å². The zero-order chi connectivity index (χ0) is 27.5. The quantitative estimate of drug-likeness (QED) is 0.459. The summed E-state index contributed by atoms with van der Waals surface area (Å²) in [5, 5.41) is 3.85. The molecule has 2 fully saturated rings. The summed E-state index contributed by atoms with van der Waals surface area (Å²) in [5.41, 5.74) is 7.67. The van der Waals surface area contributed by atoms with Crippen molar-refractivity contribution in [3.8, 4) is 11.1 Å². The molecule has 9 heteroatoms. The van der Waals surface area contributed by atoms with Gasteiger partial charge in [0.2, 0.25) is 11.8 Å². The van der Waals surface area contributed by atoms with Gasteiger partial charge in [-0.25, -0.2) is 0 Å². The molecule has 0 bridgehead atoms. The summed E-state index contributed by atoms with van der Waals surface area (Å²) < 4.78 is 0. The van der Waals surface area contributed by atoms with Crippen LogP contribution in [-0.2, 0) is 22.7 Å². The normalized spacial score (nSPS) is 21.4. The van der Waals surface area contributed by atoms with Gasteiger partial charge in [0.05, 0.1) is 6.04 Å². The molecule has 2 saturated heterocycles. The summed E-state index contributed by atoms with van der Waals surface area (Å²) in [6.45, 7) is 4.85. The molecule has 0 saturated carbocycles. The first-order valence-electron chi connectivity index (χ1n) is 13.7. The first-order chi connectivity index (χ1) is 19.4. The number of rotatable bonds is 4. The monoisotopic (exact) mass is 574 g/mol. The van der Waals surface area contributed by atoms with Crippen molar-refractivity contribution in [3.63, 3.8) is 0 Å². The van der Waals surface area contributed by atoms with E-state index in [1.54, 1.807) is 4.90 Å². The second-order valence-corrected chi connectivity index (χ2v) is 11.9. The number of carbonyl (C=O) groups is 3. The average molecular weight is 575 g/mol. The predicted octanol–water partition coefficient (Wildman–Crippen LogP) is 4.64. The molecule has 204 valence electrons. The summed E-state index contributed by atoms with van der Waals surface area (Å²) in [5.74, 6) is -0.795. The number of carbonyl (C=O) groups excluding carboxylic acids is 3. The van der Waals surface area contributed by atoms with Gasteiger partial charge in [-0.05, 0) is 70.1 Å². The molecular formula is C31H28Cl2N4O3. The molecule has 0 radical (unpaired) electrons. The Labute approximate surface area is 242 Å². The largest absolute Gasteiger partial charge is 0.322 e. The first-order valence-corrected chi connectivity index (χ1v) is 14.4. The van der Waals surface area contributed by atoms with Crippen molar-refractivity contribution < 1.29 is 14.4 Å². The topological polar surface area (TPSA) is 73.0 Å². The lowest BCUT2D eigenvalue weighted by molar-refractivity contribution is -0.136. The van der Waals surface area contributed by atoms with E-state index in [2.05, 4.69) is 45.4 Å². The third-order valence-corrected chi connectivity index (χ3v) is 9.14. The molecule has 4 aliphatic rings. The van der Waals surface area contributed by atoms with Crippen LogP contribution in [-0.4, -0.2) is 64.6 Å². The van der Waals surface area contributed by atoms with E-state index in [1.807, 2.05) is 24.3 Å². The molecule has 0 spiro atoms. The molecule has 7 nitrogen and oxygen atoms in total. The van der Waals surface area contributed by atoms with E-state index < -0.39 is 6.04 Å². The Morgan fingerprint density at radius 2 is 1.45 bits per heavy atom. The highest BCUT2D eigenvalue weighted by Crippen LogP contribution is 2.48. The average Bonchev–Trinajstić information content (AvgIpc) is 3.42. The Balaban J connectivity index is 1.03. The second kappa shape index (κ2) is 10.00. The summed E-state index contributed by atoms with van der Waals surface area (Å²) in [4.78, 5) is 43.5. The van der Waals surface area contributed by atoms with Crippen molar-refractivity contribution in [1.82, 2.24) is 20.0 Å². The minimum absolute atomic E-state index is 0.133. The lowest BCUT2D eigenvalue weighted by Crippen LogP contribution is -2.52. The van der Waals surface area contributed by atoms with Gasteiger partial charge in [-0.3, -0.25) is 29.5 Å². The Hall–Kier alpha value is -3.23. The van der Waals surface area contributed by atoms with Gasteiger partial charge in [-0.15, -0.1) is 0 Å². The SMILES string of the molecule is O=C1CCC(N2Cc3cc(CN4CCN(C5c6cc(Cl)ccc6-c6ccc(Cl)cc65)CC4)ccc3C2=O)C(=O)N1. The van der Waals surface area contributed by atoms with Crippen LogP contribution in [0.4, 0.5) is 0 Å². The van der Waals surface area contributed by atoms with Crippen LogP contribution in [0.1, 0.15) is 51.5 Å². The van der Waals surface area contributed by atoms with Crippen LogP contribution in [0.2, 0.25) is 10.0 Å². The van der Waals surface area contributed by atoms with E-state index in [9.17, 15) is 14.4 Å². The van der Waals surface area contributed by atoms with E-state index in [1.165, 1.54) is 22.3 Å². The van der Waals surface area contributed by atoms with Gasteiger partial charge >= 0.3 is 0 Å². The van der Waals surface area contributed by atoms with Crippen molar-refractivity contribution in [1.29, 1.82) is 0 Å². The number of imide groups is 1. The minimum atomic E-state index is -0.593. The number of amides is 3. The minimum Gasteiger partial charge on any atom is -0.322 e. The molecule has 3 heterocycles. The third-order valence-electron chi connectivity index (χ3n) is 8.67. The van der Waals surface area contributed by atoms with Gasteiger partial charge in [0.25, 0.3) is 5.91 Å². The number of halogens is 2. The van der Waals surface area contributed by atoms with Crippen LogP contribution >= 0.6 is 23.2 Å². The molecule has 1 atom stereocenters. The zero-order valence-electron chi connectivity index (χ0n) is 21.8. The van der Waals surface area contributed by atoms with E-state index in [4.69, 9.17) is 23.2 Å². The summed E-state index contributed by atoms with van der Waals surface area (Å²) in [6.07, 6.45) is 0.627. The van der Waals surface area contributed by atoms with Gasteiger partial charge in [-0.1, -0.05) is 47.5 Å². The lowest BCUT2D eigenvalue weighted by Gasteiger charge is -2.39. The summed E-state index contributed by atoms with van der Waals surface area (Å²) in [6, 6.07) is 17.8. The van der Waals surface area contributed by atoms with Crippen molar-refractivity contribution >= 4 is 40.9 Å². The Morgan fingerprint density at radius 3 is 2.10 bits per heavy atom. The van der Waals surface area contributed by atoms with Crippen molar-refractivity contribution in [3.05, 3.63) is 92.5 Å². The fourth-order valence-electron chi connectivity index (χ4n) is 6.74. The molecule has 1 N–H and O–H groups in total. The lowest BCUT2D eigenvalue weighted by atomic mass is 10.0. The summed E-state index contributed by atoms with van der Waals surface area (Å²) in [7, 11) is 0. The van der Waals surface area contributed by atoms with Gasteiger partial charge in [-0.2, -0.15) is 0 Å². The number of fused-ring (bicyclic) bond motifs is 4. The first kappa shape index (κ1) is 25.7. The third kappa shape index (κ3) is 4.41. The van der Waals surface area contributed by atoms with Crippen LogP contribution in [0, 0.1) is 0 Å². The second-order valence-electron chi connectivity index (χ2n) is 11.1. The van der Waals surface area contributed by atoms with Crippen LogP contribution in [0.5, 0.6) is 0 Å². The number of benzene rings is 3. The fraction of sp³-hybridized carbons (Fsp3) is 0.323.